The van der Waals surface area contributed by atoms with Crippen LogP contribution in [0.5, 0.6) is 5.75 Å². The SMILES string of the molecule is COC(=O)c1ccc2c(c1)N(C[C@@H]1CC[C@H]1[C@H](/C=C/[C@@H]1CC[C@H]1CS(=O)(=O)c1ncccn1)O[Si](C)(C)C(C)(C)C)C[C@@]1(CCCc3cc(Cl)ccc31)CO2. The van der Waals surface area contributed by atoms with Crippen molar-refractivity contribution in [3.8, 4) is 5.75 Å². The van der Waals surface area contributed by atoms with Crippen LogP contribution in [0.2, 0.25) is 23.2 Å². The van der Waals surface area contributed by atoms with Crippen LogP contribution in [0.15, 0.2) is 72.2 Å². The van der Waals surface area contributed by atoms with E-state index < -0.39 is 18.2 Å². The number of sulfone groups is 1. The van der Waals surface area contributed by atoms with Crippen LogP contribution in [0.25, 0.3) is 0 Å². The molecule has 7 rings (SSSR count). The van der Waals surface area contributed by atoms with E-state index in [9.17, 15) is 13.2 Å². The number of hydrogen-bond acceptors (Lipinski definition) is 9. The molecule has 2 aromatic carbocycles. The number of halogens is 1. The molecule has 0 N–H and O–H groups in total. The maximum atomic E-state index is 13.2. The lowest BCUT2D eigenvalue weighted by Crippen LogP contribution is -2.52. The number of aromatic nitrogens is 2. The molecule has 12 heteroatoms. The Morgan fingerprint density at radius 2 is 1.85 bits per heavy atom. The average molecular weight is 807 g/mol. The molecule has 2 saturated carbocycles. The van der Waals surface area contributed by atoms with E-state index in [1.54, 1.807) is 12.1 Å². The minimum atomic E-state index is -3.58. The van der Waals surface area contributed by atoms with Crippen LogP contribution in [-0.2, 0) is 30.8 Å². The van der Waals surface area contributed by atoms with Gasteiger partial charge in [-0.15, -0.1) is 0 Å². The van der Waals surface area contributed by atoms with Crippen molar-refractivity contribution in [2.45, 2.75) is 101 Å². The fraction of sp³-hybridized carbons (Fsp3) is 0.558. The zero-order valence-electron chi connectivity index (χ0n) is 33.1. The van der Waals surface area contributed by atoms with Gasteiger partial charge >= 0.3 is 5.97 Å². The maximum Gasteiger partial charge on any atom is 0.337 e. The van der Waals surface area contributed by atoms with Crippen molar-refractivity contribution in [3.63, 3.8) is 0 Å². The number of fused-ring (bicyclic) bond motifs is 3. The van der Waals surface area contributed by atoms with E-state index in [-0.39, 0.29) is 51.2 Å². The maximum absolute atomic E-state index is 13.2. The largest absolute Gasteiger partial charge is 0.490 e. The van der Waals surface area contributed by atoms with Gasteiger partial charge in [-0.3, -0.25) is 0 Å². The molecule has 2 fully saturated rings. The molecule has 55 heavy (non-hydrogen) atoms. The lowest BCUT2D eigenvalue weighted by atomic mass is 9.68. The standard InChI is InChI=1S/C43H56ClN3O6SSi/c1-42(2,3)55(5,6)53-38(18-13-29-10-11-33(29)26-54(49,50)41-45-21-8-22-46-41)35-16-12-32(35)25-47-27-43(20-7-9-30-23-34(44)15-17-36(30)43)28-52-39-19-14-31(24-37(39)47)40(48)51-4/h8,13-15,17-19,21-24,29,32-33,35,38H,7,9-12,16,20,25-28H2,1-6H3/b18-13+/t29-,32-,33-,35+,38-,43-/m0/s1. The van der Waals surface area contributed by atoms with E-state index in [0.717, 1.165) is 74.5 Å². The Kier molecular flexibility index (Phi) is 11.3. The number of rotatable bonds is 11. The summed E-state index contributed by atoms with van der Waals surface area (Å²) < 4.78 is 45.5. The first-order valence-corrected chi connectivity index (χ1v) is 24.8. The first kappa shape index (κ1) is 40.0. The first-order valence-electron chi connectivity index (χ1n) is 19.8. The number of nitrogens with zero attached hydrogens (tertiary/aromatic N) is 3. The Bertz CT molecular complexity index is 2020. The molecule has 0 unspecified atom stereocenters. The number of aryl methyl sites for hydroxylation is 1. The molecular formula is C43H56ClN3O6SSi. The topological polar surface area (TPSA) is 108 Å². The van der Waals surface area contributed by atoms with Crippen molar-refractivity contribution >= 4 is 41.4 Å². The minimum Gasteiger partial charge on any atom is -0.490 e. The normalized spacial score (nSPS) is 25.9. The third-order valence-electron chi connectivity index (χ3n) is 13.3. The fourth-order valence-electron chi connectivity index (χ4n) is 8.79. The zero-order chi connectivity index (χ0) is 39.2. The predicted octanol–water partition coefficient (Wildman–Crippen LogP) is 8.86. The van der Waals surface area contributed by atoms with E-state index in [2.05, 4.69) is 73.0 Å². The summed E-state index contributed by atoms with van der Waals surface area (Å²) in [7, 11) is -4.35. The minimum absolute atomic E-state index is 0.0239. The van der Waals surface area contributed by atoms with Crippen molar-refractivity contribution < 1.29 is 27.1 Å². The molecule has 1 spiro atoms. The highest BCUT2D eigenvalue weighted by Gasteiger charge is 2.47. The number of methoxy groups -OCH3 is 1. The number of benzene rings is 2. The van der Waals surface area contributed by atoms with Crippen molar-refractivity contribution in [1.82, 2.24) is 9.97 Å². The molecule has 0 amide bonds. The lowest BCUT2D eigenvalue weighted by molar-refractivity contribution is 0.0519. The van der Waals surface area contributed by atoms with Gasteiger partial charge in [-0.05, 0) is 134 Å². The van der Waals surface area contributed by atoms with Crippen LogP contribution in [0.3, 0.4) is 0 Å². The summed E-state index contributed by atoms with van der Waals surface area (Å²) in [4.78, 5) is 23.3. The third-order valence-corrected chi connectivity index (χ3v) is 19.7. The molecule has 4 aliphatic rings. The lowest BCUT2D eigenvalue weighted by Gasteiger charge is -2.48. The molecule has 6 atom stereocenters. The van der Waals surface area contributed by atoms with Crippen LogP contribution in [0.4, 0.5) is 5.69 Å². The number of carbonyl (C=O) groups is 1. The summed E-state index contributed by atoms with van der Waals surface area (Å²) in [5, 5.41) is 0.685. The molecule has 9 nitrogen and oxygen atoms in total. The van der Waals surface area contributed by atoms with E-state index in [1.165, 1.54) is 30.6 Å². The monoisotopic (exact) mass is 805 g/mol. The summed E-state index contributed by atoms with van der Waals surface area (Å²) in [5.41, 5.74) is 3.78. The first-order chi connectivity index (χ1) is 26.1. The van der Waals surface area contributed by atoms with Gasteiger partial charge in [-0.2, -0.15) is 0 Å². The second-order valence-electron chi connectivity index (χ2n) is 17.8. The zero-order valence-corrected chi connectivity index (χ0v) is 35.7. The van der Waals surface area contributed by atoms with Crippen LogP contribution in [-0.4, -0.2) is 71.3 Å². The summed E-state index contributed by atoms with van der Waals surface area (Å²) in [6.07, 6.45) is 14.4. The summed E-state index contributed by atoms with van der Waals surface area (Å²) >= 11 is 6.50. The van der Waals surface area contributed by atoms with Crippen LogP contribution < -0.4 is 9.64 Å². The molecule has 3 aliphatic carbocycles. The van der Waals surface area contributed by atoms with E-state index >= 15 is 0 Å². The predicted molar refractivity (Wildman–Crippen MR) is 219 cm³/mol. The molecule has 3 aromatic rings. The summed E-state index contributed by atoms with van der Waals surface area (Å²) in [5.74, 6) is 1.27. The third kappa shape index (κ3) is 8.27. The molecule has 0 bridgehead atoms. The van der Waals surface area contributed by atoms with Crippen LogP contribution in [0, 0.1) is 23.7 Å². The number of esters is 1. The second-order valence-corrected chi connectivity index (χ2v) is 24.9. The average Bonchev–Trinajstić information content (AvgIpc) is 3.28. The smallest absolute Gasteiger partial charge is 0.337 e. The molecule has 2 heterocycles. The Hall–Kier alpha value is -3.25. The summed E-state index contributed by atoms with van der Waals surface area (Å²) in [6, 6.07) is 13.6. The quantitative estimate of drug-likeness (QED) is 0.0813. The van der Waals surface area contributed by atoms with Gasteiger partial charge < -0.3 is 18.8 Å². The van der Waals surface area contributed by atoms with Crippen LogP contribution >= 0.6 is 11.6 Å². The highest BCUT2D eigenvalue weighted by molar-refractivity contribution is 7.91. The number of hydrogen-bond donors (Lipinski definition) is 0. The molecule has 0 saturated heterocycles. The van der Waals surface area contributed by atoms with Crippen molar-refractivity contribution in [3.05, 3.63) is 88.7 Å². The second kappa shape index (κ2) is 15.6. The highest BCUT2D eigenvalue weighted by Crippen LogP contribution is 2.49. The van der Waals surface area contributed by atoms with Crippen molar-refractivity contribution in [1.29, 1.82) is 0 Å². The molecule has 1 aliphatic heterocycles. The fourth-order valence-corrected chi connectivity index (χ4v) is 11.8. The Balaban J connectivity index is 1.17. The number of anilines is 1. The Morgan fingerprint density at radius 1 is 1.09 bits per heavy atom. The number of carbonyl (C=O) groups excluding carboxylic acids is 1. The molecule has 0 radical (unpaired) electrons. The van der Waals surface area contributed by atoms with Gasteiger partial charge in [0.25, 0.3) is 0 Å². The van der Waals surface area contributed by atoms with Gasteiger partial charge in [0.1, 0.15) is 5.75 Å². The van der Waals surface area contributed by atoms with E-state index in [1.807, 2.05) is 18.2 Å². The highest BCUT2D eigenvalue weighted by atomic mass is 35.5. The van der Waals surface area contributed by atoms with Gasteiger partial charge in [0, 0.05) is 35.9 Å². The van der Waals surface area contributed by atoms with Gasteiger partial charge in [-0.25, -0.2) is 23.2 Å². The Morgan fingerprint density at radius 3 is 2.53 bits per heavy atom. The van der Waals surface area contributed by atoms with Crippen molar-refractivity contribution in [2.75, 3.05) is 37.5 Å². The molecular weight excluding hydrogens is 750 g/mol. The van der Waals surface area contributed by atoms with Gasteiger partial charge in [0.05, 0.1) is 36.8 Å². The molecule has 1 aromatic heterocycles. The van der Waals surface area contributed by atoms with Gasteiger partial charge in [0.15, 0.2) is 8.32 Å². The van der Waals surface area contributed by atoms with E-state index in [0.29, 0.717) is 18.1 Å². The molecule has 296 valence electrons. The van der Waals surface area contributed by atoms with Gasteiger partial charge in [-0.1, -0.05) is 50.6 Å². The Labute approximate surface area is 333 Å². The summed E-state index contributed by atoms with van der Waals surface area (Å²) in [6.45, 7) is 13.6. The number of allylic oxidation sites excluding steroid dienone is 1. The number of ether oxygens (including phenoxy) is 2. The van der Waals surface area contributed by atoms with Gasteiger partial charge in [0.2, 0.25) is 15.0 Å². The van der Waals surface area contributed by atoms with E-state index in [4.69, 9.17) is 25.5 Å². The van der Waals surface area contributed by atoms with Crippen LogP contribution in [0.1, 0.15) is 80.8 Å². The van der Waals surface area contributed by atoms with Crippen molar-refractivity contribution in [2.24, 2.45) is 23.7 Å².